The van der Waals surface area contributed by atoms with E-state index in [1.807, 2.05) is 22.9 Å². The van der Waals surface area contributed by atoms with Gasteiger partial charge in [0.05, 0.1) is 0 Å². The first-order chi connectivity index (χ1) is 8.18. The van der Waals surface area contributed by atoms with Crippen LogP contribution in [0, 0.1) is 0 Å². The van der Waals surface area contributed by atoms with Gasteiger partial charge in [0.2, 0.25) is 0 Å². The van der Waals surface area contributed by atoms with Gasteiger partial charge in [-0.1, -0.05) is 0 Å². The maximum absolute atomic E-state index is 10.7. The molecule has 4 nitrogen and oxygen atoms in total. The quantitative estimate of drug-likeness (QED) is 0.864. The smallest absolute Gasteiger partial charge is 0.320 e. The zero-order chi connectivity index (χ0) is 12.3. The van der Waals surface area contributed by atoms with Gasteiger partial charge in [-0.15, -0.1) is 0 Å². The summed E-state index contributed by atoms with van der Waals surface area (Å²) < 4.78 is 0. The molecule has 0 saturated heterocycles. The summed E-state index contributed by atoms with van der Waals surface area (Å²) in [5.74, 6) is -0.975. The van der Waals surface area contributed by atoms with E-state index in [-0.39, 0.29) is 0 Å². The van der Waals surface area contributed by atoms with Gasteiger partial charge in [0.1, 0.15) is 6.04 Å². The van der Waals surface area contributed by atoms with Crippen molar-refractivity contribution < 1.29 is 9.90 Å². The number of aromatic nitrogens is 1. The fraction of sp³-hybridized carbons (Fsp3) is 0.167. The predicted molar refractivity (Wildman–Crippen MR) is 66.9 cm³/mol. The van der Waals surface area contributed by atoms with Crippen LogP contribution in [0.3, 0.4) is 0 Å². The van der Waals surface area contributed by atoms with E-state index >= 15 is 0 Å². The second-order valence-corrected chi connectivity index (χ2v) is 4.44. The maximum atomic E-state index is 10.7. The third-order valence-electron chi connectivity index (χ3n) is 2.49. The molecule has 0 aliphatic rings. The van der Waals surface area contributed by atoms with E-state index in [2.05, 4.69) is 4.98 Å². The number of hydrogen-bond acceptors (Lipinski definition) is 4. The van der Waals surface area contributed by atoms with Gasteiger partial charge in [-0.3, -0.25) is 9.78 Å². The summed E-state index contributed by atoms with van der Waals surface area (Å²) >= 11 is 1.55. The first kappa shape index (κ1) is 11.8. The highest BCUT2D eigenvalue weighted by molar-refractivity contribution is 7.08. The Morgan fingerprint density at radius 3 is 2.76 bits per heavy atom. The summed E-state index contributed by atoms with van der Waals surface area (Å²) in [5, 5.41) is 12.8. The molecule has 0 aromatic carbocycles. The predicted octanol–water partition coefficient (Wildman–Crippen LogP) is 1.76. The minimum absolute atomic E-state index is 0.344. The molecule has 3 N–H and O–H groups in total. The lowest BCUT2D eigenvalue weighted by Crippen LogP contribution is -2.32. The van der Waals surface area contributed by atoms with Crippen molar-refractivity contribution in [2.45, 2.75) is 12.5 Å². The molecule has 0 fully saturated rings. The van der Waals surface area contributed by atoms with E-state index < -0.39 is 12.0 Å². The van der Waals surface area contributed by atoms with Crippen molar-refractivity contribution in [1.29, 1.82) is 0 Å². The van der Waals surface area contributed by atoms with Gasteiger partial charge in [-0.25, -0.2) is 0 Å². The van der Waals surface area contributed by atoms with E-state index in [1.165, 1.54) is 0 Å². The number of carboxylic acids is 1. The van der Waals surface area contributed by atoms with E-state index in [0.29, 0.717) is 6.42 Å². The molecule has 1 unspecified atom stereocenters. The van der Waals surface area contributed by atoms with Gasteiger partial charge < -0.3 is 10.8 Å². The number of carbonyl (C=O) groups is 1. The third kappa shape index (κ3) is 2.69. The molecule has 0 saturated carbocycles. The van der Waals surface area contributed by atoms with Crippen LogP contribution in [0.2, 0.25) is 0 Å². The number of rotatable bonds is 4. The molecular weight excluding hydrogens is 236 g/mol. The molecule has 0 spiro atoms. The third-order valence-corrected chi connectivity index (χ3v) is 3.28. The molecule has 2 heterocycles. The van der Waals surface area contributed by atoms with Crippen molar-refractivity contribution >= 4 is 17.3 Å². The molecule has 0 bridgehead atoms. The second-order valence-electron chi connectivity index (χ2n) is 3.70. The standard InChI is InChI=1S/C12H12N2O2S/c13-11(12(15)16)5-9-6-17-7-10(9)8-1-3-14-4-2-8/h1-4,6-7,11H,5,13H2,(H,15,16). The average molecular weight is 248 g/mol. The van der Waals surface area contributed by atoms with Crippen molar-refractivity contribution in [3.8, 4) is 11.1 Å². The lowest BCUT2D eigenvalue weighted by Gasteiger charge is -2.07. The van der Waals surface area contributed by atoms with Gasteiger partial charge in [0.25, 0.3) is 0 Å². The van der Waals surface area contributed by atoms with Crippen LogP contribution in [0.5, 0.6) is 0 Å². The fourth-order valence-electron chi connectivity index (χ4n) is 1.59. The number of thiophene rings is 1. The Kier molecular flexibility index (Phi) is 3.51. The van der Waals surface area contributed by atoms with Gasteiger partial charge in [-0.2, -0.15) is 11.3 Å². The average Bonchev–Trinajstić information content (AvgIpc) is 2.78. The van der Waals surface area contributed by atoms with Crippen LogP contribution in [0.15, 0.2) is 35.3 Å². The van der Waals surface area contributed by atoms with Crippen molar-refractivity contribution in [2.24, 2.45) is 5.73 Å². The van der Waals surface area contributed by atoms with E-state index in [1.54, 1.807) is 23.7 Å². The van der Waals surface area contributed by atoms with Crippen molar-refractivity contribution in [3.05, 3.63) is 40.8 Å². The van der Waals surface area contributed by atoms with Crippen LogP contribution in [0.25, 0.3) is 11.1 Å². The molecule has 17 heavy (non-hydrogen) atoms. The number of hydrogen-bond donors (Lipinski definition) is 2. The molecule has 2 aromatic rings. The number of nitrogens with zero attached hydrogens (tertiary/aromatic N) is 1. The Labute approximate surface area is 103 Å². The molecular formula is C12H12N2O2S. The molecule has 2 aromatic heterocycles. The summed E-state index contributed by atoms with van der Waals surface area (Å²) in [6.45, 7) is 0. The Balaban J connectivity index is 2.26. The summed E-state index contributed by atoms with van der Waals surface area (Å²) in [6, 6.07) is 2.94. The summed E-state index contributed by atoms with van der Waals surface area (Å²) in [5.41, 5.74) is 8.59. The Morgan fingerprint density at radius 2 is 2.12 bits per heavy atom. The Bertz CT molecular complexity index is 510. The molecule has 1 atom stereocenters. The lowest BCUT2D eigenvalue weighted by atomic mass is 10.0. The molecule has 0 aliphatic heterocycles. The zero-order valence-corrected chi connectivity index (χ0v) is 9.85. The monoisotopic (exact) mass is 248 g/mol. The van der Waals surface area contributed by atoms with Crippen LogP contribution < -0.4 is 5.73 Å². The van der Waals surface area contributed by atoms with Crippen LogP contribution in [-0.2, 0) is 11.2 Å². The van der Waals surface area contributed by atoms with Crippen LogP contribution >= 0.6 is 11.3 Å². The van der Waals surface area contributed by atoms with Crippen molar-refractivity contribution in [3.63, 3.8) is 0 Å². The molecule has 0 amide bonds. The molecule has 0 radical (unpaired) electrons. The van der Waals surface area contributed by atoms with Gasteiger partial charge >= 0.3 is 5.97 Å². The summed E-state index contributed by atoms with van der Waals surface area (Å²) in [7, 11) is 0. The minimum Gasteiger partial charge on any atom is -0.480 e. The molecule has 88 valence electrons. The van der Waals surface area contributed by atoms with E-state index in [4.69, 9.17) is 10.8 Å². The SMILES string of the molecule is NC(Cc1cscc1-c1ccncc1)C(=O)O. The highest BCUT2D eigenvalue weighted by atomic mass is 32.1. The second kappa shape index (κ2) is 5.07. The fourth-order valence-corrected chi connectivity index (χ4v) is 2.47. The normalized spacial score (nSPS) is 12.3. The maximum Gasteiger partial charge on any atom is 0.320 e. The van der Waals surface area contributed by atoms with Gasteiger partial charge in [0.15, 0.2) is 0 Å². The van der Waals surface area contributed by atoms with Crippen LogP contribution in [-0.4, -0.2) is 22.1 Å². The van der Waals surface area contributed by atoms with Crippen LogP contribution in [0.4, 0.5) is 0 Å². The molecule has 0 aliphatic carbocycles. The van der Waals surface area contributed by atoms with E-state index in [9.17, 15) is 4.79 Å². The summed E-state index contributed by atoms with van der Waals surface area (Å²) in [6.07, 6.45) is 3.78. The van der Waals surface area contributed by atoms with Crippen molar-refractivity contribution in [2.75, 3.05) is 0 Å². The van der Waals surface area contributed by atoms with Crippen LogP contribution in [0.1, 0.15) is 5.56 Å². The topological polar surface area (TPSA) is 76.2 Å². The van der Waals surface area contributed by atoms with Crippen molar-refractivity contribution in [1.82, 2.24) is 4.98 Å². The highest BCUT2D eigenvalue weighted by Crippen LogP contribution is 2.27. The Hall–Kier alpha value is -1.72. The molecule has 2 rings (SSSR count). The Morgan fingerprint density at radius 1 is 1.41 bits per heavy atom. The number of pyridine rings is 1. The highest BCUT2D eigenvalue weighted by Gasteiger charge is 2.15. The first-order valence-electron chi connectivity index (χ1n) is 5.12. The van der Waals surface area contributed by atoms with Gasteiger partial charge in [0, 0.05) is 12.4 Å². The number of aliphatic carboxylic acids is 1. The first-order valence-corrected chi connectivity index (χ1v) is 6.06. The largest absolute Gasteiger partial charge is 0.480 e. The van der Waals surface area contributed by atoms with E-state index in [0.717, 1.165) is 16.7 Å². The lowest BCUT2D eigenvalue weighted by molar-refractivity contribution is -0.138. The number of carboxylic acid groups (broad SMARTS) is 1. The summed E-state index contributed by atoms with van der Waals surface area (Å²) in [4.78, 5) is 14.7. The molecule has 5 heteroatoms. The minimum atomic E-state index is -0.975. The van der Waals surface area contributed by atoms with Gasteiger partial charge in [-0.05, 0) is 46.0 Å². The number of nitrogens with two attached hydrogens (primary N) is 1. The zero-order valence-electron chi connectivity index (χ0n) is 9.04.